The van der Waals surface area contributed by atoms with E-state index in [2.05, 4.69) is 13.0 Å². The molecule has 0 bridgehead atoms. The maximum absolute atomic E-state index is 11.2. The molecule has 0 heterocycles. The molecule has 0 unspecified atom stereocenters. The van der Waals surface area contributed by atoms with Gasteiger partial charge in [-0.15, -0.1) is 0 Å². The lowest BCUT2D eigenvalue weighted by atomic mass is 9.96. The minimum Gasteiger partial charge on any atom is -0.295 e. The Morgan fingerprint density at radius 1 is 0.727 bits per heavy atom. The highest BCUT2D eigenvalue weighted by molar-refractivity contribution is 5.87. The lowest BCUT2D eigenvalue weighted by Crippen LogP contribution is -1.92. The molecule has 126 valence electrons. The number of carbonyl (C=O) groups excluding carboxylic acids is 1. The van der Waals surface area contributed by atoms with Gasteiger partial charge in [-0.1, -0.05) is 75.9 Å². The summed E-state index contributed by atoms with van der Waals surface area (Å²) in [5.41, 5.74) is 2.92. The molecule has 0 aromatic rings. The summed E-state index contributed by atoms with van der Waals surface area (Å²) in [6.07, 6.45) is 22.8. The lowest BCUT2D eigenvalue weighted by Gasteiger charge is -2.10. The maximum Gasteiger partial charge on any atom is 0.152 e. The Morgan fingerprint density at radius 3 is 1.59 bits per heavy atom. The van der Waals surface area contributed by atoms with E-state index in [4.69, 9.17) is 0 Å². The summed E-state index contributed by atoms with van der Waals surface area (Å²) in [6, 6.07) is 0. The summed E-state index contributed by atoms with van der Waals surface area (Å²) in [7, 11) is 0. The smallest absolute Gasteiger partial charge is 0.152 e. The number of ketones is 1. The Labute approximate surface area is 138 Å². The van der Waals surface area contributed by atoms with Gasteiger partial charge in [0, 0.05) is 0 Å². The maximum atomic E-state index is 11.2. The van der Waals surface area contributed by atoms with Gasteiger partial charge in [0.2, 0.25) is 0 Å². The van der Waals surface area contributed by atoms with Crippen LogP contribution in [0.2, 0.25) is 0 Å². The van der Waals surface area contributed by atoms with Gasteiger partial charge in [-0.3, -0.25) is 4.79 Å². The van der Waals surface area contributed by atoms with E-state index in [0.29, 0.717) is 0 Å². The summed E-state index contributed by atoms with van der Waals surface area (Å²) in [5, 5.41) is 0. The SMILES string of the molecule is CC(=O)/C=C/C1=C(\C)CCCCCCCCCCCCCC1. The number of rotatable bonds is 2. The Morgan fingerprint density at radius 2 is 1.14 bits per heavy atom. The van der Waals surface area contributed by atoms with Crippen LogP contribution in [0, 0.1) is 0 Å². The zero-order valence-electron chi connectivity index (χ0n) is 15.0. The van der Waals surface area contributed by atoms with Crippen molar-refractivity contribution in [3.63, 3.8) is 0 Å². The molecule has 0 saturated heterocycles. The van der Waals surface area contributed by atoms with Crippen LogP contribution < -0.4 is 0 Å². The van der Waals surface area contributed by atoms with Crippen molar-refractivity contribution in [1.82, 2.24) is 0 Å². The molecule has 0 aliphatic heterocycles. The number of hydrogen-bond acceptors (Lipinski definition) is 1. The number of carbonyl (C=O) groups is 1. The first-order chi connectivity index (χ1) is 10.7. The van der Waals surface area contributed by atoms with Gasteiger partial charge < -0.3 is 0 Å². The van der Waals surface area contributed by atoms with Crippen molar-refractivity contribution in [1.29, 1.82) is 0 Å². The Hall–Kier alpha value is -0.850. The highest BCUT2D eigenvalue weighted by Gasteiger charge is 2.02. The average Bonchev–Trinajstić information content (AvgIpc) is 2.48. The van der Waals surface area contributed by atoms with E-state index in [0.717, 1.165) is 6.42 Å². The number of allylic oxidation sites excluding steroid dienone is 4. The third kappa shape index (κ3) is 9.97. The molecule has 1 nitrogen and oxygen atoms in total. The number of hydrogen-bond donors (Lipinski definition) is 0. The molecule has 0 atom stereocenters. The standard InChI is InChI=1S/C21H36O/c1-19-15-13-11-9-7-5-3-4-6-8-10-12-14-16-21(19)18-17-20(2)22/h17-18H,3-16H2,1-2H3/b18-17+,21-19+. The first kappa shape index (κ1) is 19.2. The van der Waals surface area contributed by atoms with Gasteiger partial charge in [0.25, 0.3) is 0 Å². The fourth-order valence-electron chi connectivity index (χ4n) is 3.29. The van der Waals surface area contributed by atoms with E-state index in [1.54, 1.807) is 13.0 Å². The van der Waals surface area contributed by atoms with Crippen molar-refractivity contribution in [3.8, 4) is 0 Å². The molecule has 0 spiro atoms. The molecule has 0 aromatic carbocycles. The average molecular weight is 305 g/mol. The van der Waals surface area contributed by atoms with E-state index in [-0.39, 0.29) is 5.78 Å². The highest BCUT2D eigenvalue weighted by Crippen LogP contribution is 2.22. The molecule has 0 amide bonds. The van der Waals surface area contributed by atoms with Gasteiger partial charge in [0.15, 0.2) is 5.78 Å². The van der Waals surface area contributed by atoms with Crippen molar-refractivity contribution in [2.45, 2.75) is 104 Å². The summed E-state index contributed by atoms with van der Waals surface area (Å²) in [6.45, 7) is 3.91. The van der Waals surface area contributed by atoms with Crippen molar-refractivity contribution < 1.29 is 4.79 Å². The molecule has 0 fully saturated rings. The molecule has 1 heteroatoms. The van der Waals surface area contributed by atoms with Crippen LogP contribution in [0.1, 0.15) is 104 Å². The second-order valence-electron chi connectivity index (χ2n) is 6.99. The van der Waals surface area contributed by atoms with Crippen LogP contribution >= 0.6 is 0 Å². The minimum atomic E-state index is 0.160. The molecular formula is C21H36O. The van der Waals surface area contributed by atoms with Crippen LogP contribution in [0.5, 0.6) is 0 Å². The third-order valence-electron chi connectivity index (χ3n) is 4.82. The van der Waals surface area contributed by atoms with E-state index >= 15 is 0 Å². The van der Waals surface area contributed by atoms with Crippen LogP contribution in [0.3, 0.4) is 0 Å². The molecule has 0 saturated carbocycles. The molecule has 1 aliphatic rings. The molecule has 22 heavy (non-hydrogen) atoms. The lowest BCUT2D eigenvalue weighted by molar-refractivity contribution is -0.112. The zero-order valence-corrected chi connectivity index (χ0v) is 15.0. The fraction of sp³-hybridized carbons (Fsp3) is 0.762. The normalized spacial score (nSPS) is 24.5. The van der Waals surface area contributed by atoms with Gasteiger partial charge in [0.1, 0.15) is 0 Å². The predicted octanol–water partition coefficient (Wildman–Crippen LogP) is 6.92. The largest absolute Gasteiger partial charge is 0.295 e. The highest BCUT2D eigenvalue weighted by atomic mass is 16.1. The van der Waals surface area contributed by atoms with E-state index in [1.165, 1.54) is 94.6 Å². The molecule has 1 rings (SSSR count). The van der Waals surface area contributed by atoms with Crippen LogP contribution in [-0.4, -0.2) is 5.78 Å². The topological polar surface area (TPSA) is 17.1 Å². The minimum absolute atomic E-state index is 0.160. The molecule has 0 radical (unpaired) electrons. The first-order valence-electron chi connectivity index (χ1n) is 9.57. The van der Waals surface area contributed by atoms with Crippen molar-refractivity contribution in [2.75, 3.05) is 0 Å². The van der Waals surface area contributed by atoms with E-state index in [9.17, 15) is 4.79 Å². The van der Waals surface area contributed by atoms with Crippen LogP contribution in [0.25, 0.3) is 0 Å². The van der Waals surface area contributed by atoms with Gasteiger partial charge in [-0.05, 0) is 51.2 Å². The predicted molar refractivity (Wildman–Crippen MR) is 97.2 cm³/mol. The summed E-state index contributed by atoms with van der Waals surface area (Å²) in [4.78, 5) is 11.2. The van der Waals surface area contributed by atoms with Crippen LogP contribution in [-0.2, 0) is 4.79 Å². The van der Waals surface area contributed by atoms with E-state index < -0.39 is 0 Å². The summed E-state index contributed by atoms with van der Waals surface area (Å²) >= 11 is 0. The Bertz CT molecular complexity index is 362. The molecule has 1 aliphatic carbocycles. The van der Waals surface area contributed by atoms with Crippen molar-refractivity contribution in [3.05, 3.63) is 23.3 Å². The van der Waals surface area contributed by atoms with Crippen molar-refractivity contribution in [2.24, 2.45) is 0 Å². The van der Waals surface area contributed by atoms with Gasteiger partial charge in [0.05, 0.1) is 0 Å². The molecular weight excluding hydrogens is 268 g/mol. The second kappa shape index (κ2) is 12.7. The van der Waals surface area contributed by atoms with Crippen LogP contribution in [0.15, 0.2) is 23.3 Å². The van der Waals surface area contributed by atoms with Gasteiger partial charge >= 0.3 is 0 Å². The quantitative estimate of drug-likeness (QED) is 0.506. The third-order valence-corrected chi connectivity index (χ3v) is 4.82. The first-order valence-corrected chi connectivity index (χ1v) is 9.57. The molecule has 0 N–H and O–H groups in total. The monoisotopic (exact) mass is 304 g/mol. The summed E-state index contributed by atoms with van der Waals surface area (Å²) < 4.78 is 0. The zero-order chi connectivity index (χ0) is 16.0. The van der Waals surface area contributed by atoms with Crippen molar-refractivity contribution >= 4 is 5.78 Å². The van der Waals surface area contributed by atoms with Crippen LogP contribution in [0.4, 0.5) is 0 Å². The Kier molecular flexibility index (Phi) is 11.1. The van der Waals surface area contributed by atoms with Gasteiger partial charge in [-0.2, -0.15) is 0 Å². The second-order valence-corrected chi connectivity index (χ2v) is 6.99. The molecule has 0 aromatic heterocycles. The Balaban J connectivity index is 2.56. The van der Waals surface area contributed by atoms with Gasteiger partial charge in [-0.25, -0.2) is 0 Å². The van der Waals surface area contributed by atoms with E-state index in [1.807, 2.05) is 0 Å². The fourth-order valence-corrected chi connectivity index (χ4v) is 3.29. The summed E-state index contributed by atoms with van der Waals surface area (Å²) in [5.74, 6) is 0.160.